The molecule has 1 heterocycles. The van der Waals surface area contributed by atoms with Crippen LogP contribution >= 0.6 is 11.6 Å². The highest BCUT2D eigenvalue weighted by Gasteiger charge is 2.51. The number of hydrogen-bond acceptors (Lipinski definition) is 3. The number of likely N-dealkylation sites (tertiary alicyclic amines) is 1. The number of nitrogens with zero attached hydrogens (tertiary/aromatic N) is 2. The van der Waals surface area contributed by atoms with Gasteiger partial charge < -0.3 is 15.1 Å². The normalized spacial score (nSPS) is 21.0. The molecule has 27 heavy (non-hydrogen) atoms. The van der Waals surface area contributed by atoms with Gasteiger partial charge in [0.2, 0.25) is 11.8 Å². The van der Waals surface area contributed by atoms with E-state index in [1.54, 1.807) is 4.90 Å². The van der Waals surface area contributed by atoms with Crippen molar-refractivity contribution in [2.75, 3.05) is 33.7 Å². The fourth-order valence-corrected chi connectivity index (χ4v) is 3.94. The predicted octanol–water partition coefficient (Wildman–Crippen LogP) is 2.50. The summed E-state index contributed by atoms with van der Waals surface area (Å²) in [5, 5.41) is 3.87. The third-order valence-electron chi connectivity index (χ3n) is 5.30. The number of rotatable bonds is 6. The van der Waals surface area contributed by atoms with Gasteiger partial charge in [-0.25, -0.2) is 0 Å². The zero-order chi connectivity index (χ0) is 19.4. The minimum absolute atomic E-state index is 0.0444. The second-order valence-corrected chi connectivity index (χ2v) is 8.45. The summed E-state index contributed by atoms with van der Waals surface area (Å²) in [4.78, 5) is 29.2. The zero-order valence-electron chi connectivity index (χ0n) is 16.1. The minimum Gasteiger partial charge on any atom is -0.349 e. The summed E-state index contributed by atoms with van der Waals surface area (Å²) in [5.41, 5.74) is 0.495. The van der Waals surface area contributed by atoms with E-state index in [0.717, 1.165) is 24.8 Å². The van der Waals surface area contributed by atoms with Gasteiger partial charge in [-0.2, -0.15) is 0 Å². The molecule has 1 aliphatic carbocycles. The highest BCUT2D eigenvalue weighted by molar-refractivity contribution is 6.30. The molecule has 1 aromatic carbocycles. The number of carbonyl (C=O) groups is 2. The number of nitrogens with one attached hydrogen (secondary N) is 1. The predicted molar refractivity (Wildman–Crippen MR) is 108 cm³/mol. The highest BCUT2D eigenvalue weighted by atomic mass is 35.5. The molecular weight excluding hydrogens is 362 g/mol. The summed E-state index contributed by atoms with van der Waals surface area (Å²) < 4.78 is 0. The Balaban J connectivity index is 1.72. The Labute approximate surface area is 166 Å². The van der Waals surface area contributed by atoms with E-state index in [-0.39, 0.29) is 17.9 Å². The Hall–Kier alpha value is -1.85. The lowest BCUT2D eigenvalue weighted by Gasteiger charge is -2.49. The van der Waals surface area contributed by atoms with Crippen LogP contribution in [0.25, 0.3) is 0 Å². The lowest BCUT2D eigenvalue weighted by Crippen LogP contribution is -2.67. The molecule has 1 N–H and O–H groups in total. The number of benzene rings is 1. The van der Waals surface area contributed by atoms with Gasteiger partial charge in [-0.05, 0) is 57.5 Å². The largest absolute Gasteiger partial charge is 0.349 e. The SMILES string of the molecule is CN(C)CC(=O)N1CC(Cc2ccc(Cl)cc2)(C(=O)NC2C=CCCC2)C1. The van der Waals surface area contributed by atoms with Gasteiger partial charge in [-0.1, -0.05) is 35.9 Å². The van der Waals surface area contributed by atoms with E-state index in [2.05, 4.69) is 17.5 Å². The van der Waals surface area contributed by atoms with Gasteiger partial charge in [0, 0.05) is 24.2 Å². The molecular formula is C21H28ClN3O2. The molecule has 1 unspecified atom stereocenters. The molecule has 2 amide bonds. The monoisotopic (exact) mass is 389 g/mol. The zero-order valence-corrected chi connectivity index (χ0v) is 16.8. The van der Waals surface area contributed by atoms with Crippen LogP contribution in [-0.2, 0) is 16.0 Å². The molecule has 2 aliphatic rings. The molecule has 1 aliphatic heterocycles. The van der Waals surface area contributed by atoms with Gasteiger partial charge >= 0.3 is 0 Å². The molecule has 0 saturated carbocycles. The Bertz CT molecular complexity index is 709. The van der Waals surface area contributed by atoms with Crippen LogP contribution < -0.4 is 5.32 Å². The number of allylic oxidation sites excluding steroid dienone is 1. The van der Waals surface area contributed by atoms with E-state index < -0.39 is 5.41 Å². The molecule has 5 nitrogen and oxygen atoms in total. The van der Waals surface area contributed by atoms with E-state index in [4.69, 9.17) is 11.6 Å². The standard InChI is InChI=1S/C21H28ClN3O2/c1-24(2)13-19(26)25-14-21(15-25,12-16-8-10-17(22)11-9-16)20(27)23-18-6-4-3-5-7-18/h4,6,8-11,18H,3,5,7,12-15H2,1-2H3,(H,23,27). The van der Waals surface area contributed by atoms with Crippen molar-refractivity contribution < 1.29 is 9.59 Å². The van der Waals surface area contributed by atoms with Crippen LogP contribution in [-0.4, -0.2) is 61.4 Å². The lowest BCUT2D eigenvalue weighted by atomic mass is 9.73. The first-order chi connectivity index (χ1) is 12.9. The van der Waals surface area contributed by atoms with E-state index in [1.165, 1.54) is 0 Å². The van der Waals surface area contributed by atoms with E-state index in [9.17, 15) is 9.59 Å². The number of carbonyl (C=O) groups excluding carboxylic acids is 2. The molecule has 0 aromatic heterocycles. The van der Waals surface area contributed by atoms with Crippen molar-refractivity contribution in [1.82, 2.24) is 15.1 Å². The molecule has 1 fully saturated rings. The summed E-state index contributed by atoms with van der Waals surface area (Å²) in [6, 6.07) is 7.71. The van der Waals surface area contributed by atoms with Gasteiger partial charge in [0.05, 0.1) is 12.0 Å². The first-order valence-corrected chi connectivity index (χ1v) is 9.90. The van der Waals surface area contributed by atoms with Crippen molar-refractivity contribution in [3.63, 3.8) is 0 Å². The third kappa shape index (κ3) is 4.90. The number of likely N-dealkylation sites (N-methyl/N-ethyl adjacent to an activating group) is 1. The van der Waals surface area contributed by atoms with Gasteiger partial charge in [-0.15, -0.1) is 0 Å². The maximum absolute atomic E-state index is 13.2. The van der Waals surface area contributed by atoms with Crippen LogP contribution in [0.1, 0.15) is 24.8 Å². The van der Waals surface area contributed by atoms with Crippen molar-refractivity contribution >= 4 is 23.4 Å². The van der Waals surface area contributed by atoms with Crippen LogP contribution in [0.4, 0.5) is 0 Å². The number of amides is 2. The first-order valence-electron chi connectivity index (χ1n) is 9.52. The van der Waals surface area contributed by atoms with Gasteiger partial charge in [0.25, 0.3) is 0 Å². The summed E-state index contributed by atoms with van der Waals surface area (Å²) in [6.45, 7) is 1.29. The summed E-state index contributed by atoms with van der Waals surface area (Å²) in [6.07, 6.45) is 7.98. The number of halogens is 1. The molecule has 1 saturated heterocycles. The average Bonchev–Trinajstić information content (AvgIpc) is 2.59. The van der Waals surface area contributed by atoms with Crippen LogP contribution in [0, 0.1) is 5.41 Å². The summed E-state index contributed by atoms with van der Waals surface area (Å²) >= 11 is 5.99. The summed E-state index contributed by atoms with van der Waals surface area (Å²) in [5.74, 6) is 0.111. The first kappa shape index (κ1) is 19.9. The van der Waals surface area contributed by atoms with Crippen LogP contribution in [0.3, 0.4) is 0 Å². The Morgan fingerprint density at radius 2 is 1.96 bits per heavy atom. The van der Waals surface area contributed by atoms with Crippen molar-refractivity contribution in [2.24, 2.45) is 5.41 Å². The maximum Gasteiger partial charge on any atom is 0.236 e. The molecule has 0 spiro atoms. The van der Waals surface area contributed by atoms with Crippen LogP contribution in [0.2, 0.25) is 5.02 Å². The lowest BCUT2D eigenvalue weighted by molar-refractivity contribution is -0.154. The molecule has 6 heteroatoms. The molecule has 1 atom stereocenters. The quantitative estimate of drug-likeness (QED) is 0.760. The van der Waals surface area contributed by atoms with Crippen molar-refractivity contribution in [2.45, 2.75) is 31.7 Å². The highest BCUT2D eigenvalue weighted by Crippen LogP contribution is 2.35. The Kier molecular flexibility index (Phi) is 6.22. The molecule has 0 radical (unpaired) electrons. The Morgan fingerprint density at radius 3 is 2.56 bits per heavy atom. The second-order valence-electron chi connectivity index (χ2n) is 8.01. The van der Waals surface area contributed by atoms with E-state index in [0.29, 0.717) is 31.1 Å². The fraction of sp³-hybridized carbons (Fsp3) is 0.524. The van der Waals surface area contributed by atoms with E-state index >= 15 is 0 Å². The second kappa shape index (κ2) is 8.44. The Morgan fingerprint density at radius 1 is 1.26 bits per heavy atom. The van der Waals surface area contributed by atoms with E-state index in [1.807, 2.05) is 43.3 Å². The minimum atomic E-state index is -0.568. The maximum atomic E-state index is 13.2. The van der Waals surface area contributed by atoms with Gasteiger partial charge in [0.1, 0.15) is 0 Å². The molecule has 146 valence electrons. The number of hydrogen-bond donors (Lipinski definition) is 1. The van der Waals surface area contributed by atoms with Gasteiger partial charge in [-0.3, -0.25) is 9.59 Å². The average molecular weight is 390 g/mol. The van der Waals surface area contributed by atoms with Crippen molar-refractivity contribution in [1.29, 1.82) is 0 Å². The van der Waals surface area contributed by atoms with Gasteiger partial charge in [0.15, 0.2) is 0 Å². The van der Waals surface area contributed by atoms with Crippen LogP contribution in [0.15, 0.2) is 36.4 Å². The van der Waals surface area contributed by atoms with Crippen LogP contribution in [0.5, 0.6) is 0 Å². The molecule has 0 bridgehead atoms. The van der Waals surface area contributed by atoms with Crippen molar-refractivity contribution in [3.8, 4) is 0 Å². The fourth-order valence-electron chi connectivity index (χ4n) is 3.81. The smallest absolute Gasteiger partial charge is 0.236 e. The topological polar surface area (TPSA) is 52.7 Å². The summed E-state index contributed by atoms with van der Waals surface area (Å²) in [7, 11) is 3.75. The third-order valence-corrected chi connectivity index (χ3v) is 5.55. The molecule has 3 rings (SSSR count). The van der Waals surface area contributed by atoms with Crippen molar-refractivity contribution in [3.05, 3.63) is 47.0 Å². The molecule has 1 aromatic rings.